The summed E-state index contributed by atoms with van der Waals surface area (Å²) >= 11 is 0. The Hall–Kier alpha value is -0.560. The number of rotatable bonds is 2. The standard InChI is InChI=1S/C14H22O/c1-3-11(2)14(15)10-6-9-13(14)12-7-4-5-8-12/h3,11,15H,1,4-10H2,2H3/t11-,14-/m0/s1. The lowest BCUT2D eigenvalue weighted by Gasteiger charge is -2.31. The first-order valence-corrected chi connectivity index (χ1v) is 6.25. The number of hydrogen-bond donors (Lipinski definition) is 1. The van der Waals surface area contributed by atoms with E-state index in [9.17, 15) is 5.11 Å². The molecule has 0 spiro atoms. The number of hydrogen-bond acceptors (Lipinski definition) is 1. The van der Waals surface area contributed by atoms with Crippen LogP contribution in [0.1, 0.15) is 51.9 Å². The third kappa shape index (κ3) is 1.78. The Morgan fingerprint density at radius 2 is 1.93 bits per heavy atom. The van der Waals surface area contributed by atoms with E-state index in [1.54, 1.807) is 5.57 Å². The van der Waals surface area contributed by atoms with Crippen LogP contribution >= 0.6 is 0 Å². The maximum atomic E-state index is 10.8. The normalized spacial score (nSPS) is 33.5. The van der Waals surface area contributed by atoms with Gasteiger partial charge in [-0.25, -0.2) is 0 Å². The first kappa shape index (κ1) is 10.9. The average molecular weight is 206 g/mol. The highest BCUT2D eigenvalue weighted by atomic mass is 16.3. The minimum absolute atomic E-state index is 0.197. The lowest BCUT2D eigenvalue weighted by Crippen LogP contribution is -2.34. The van der Waals surface area contributed by atoms with E-state index in [0.717, 1.165) is 19.3 Å². The van der Waals surface area contributed by atoms with Crippen LogP contribution in [-0.2, 0) is 0 Å². The van der Waals surface area contributed by atoms with Gasteiger partial charge in [-0.2, -0.15) is 0 Å². The first-order chi connectivity index (χ1) is 7.18. The van der Waals surface area contributed by atoms with E-state index in [4.69, 9.17) is 0 Å². The molecule has 2 atom stereocenters. The minimum Gasteiger partial charge on any atom is -0.385 e. The zero-order chi connectivity index (χ0) is 10.9. The van der Waals surface area contributed by atoms with Crippen molar-refractivity contribution in [2.45, 2.75) is 57.5 Å². The molecule has 2 rings (SSSR count). The molecule has 0 aromatic carbocycles. The summed E-state index contributed by atoms with van der Waals surface area (Å²) in [5, 5.41) is 10.8. The molecule has 0 unspecified atom stereocenters. The summed E-state index contributed by atoms with van der Waals surface area (Å²) < 4.78 is 0. The van der Waals surface area contributed by atoms with E-state index in [1.807, 2.05) is 6.08 Å². The molecular weight excluding hydrogens is 184 g/mol. The van der Waals surface area contributed by atoms with Gasteiger partial charge in [0.15, 0.2) is 0 Å². The first-order valence-electron chi connectivity index (χ1n) is 6.25. The third-order valence-corrected chi connectivity index (χ3v) is 4.25. The van der Waals surface area contributed by atoms with E-state index in [0.29, 0.717) is 0 Å². The van der Waals surface area contributed by atoms with Crippen molar-refractivity contribution in [2.75, 3.05) is 0 Å². The third-order valence-electron chi connectivity index (χ3n) is 4.25. The summed E-state index contributed by atoms with van der Waals surface area (Å²) in [6.07, 6.45) is 10.2. The summed E-state index contributed by atoms with van der Waals surface area (Å²) in [5.74, 6) is 0.197. The molecule has 2 saturated carbocycles. The fourth-order valence-corrected chi connectivity index (χ4v) is 3.19. The van der Waals surface area contributed by atoms with Crippen LogP contribution in [0, 0.1) is 5.92 Å². The van der Waals surface area contributed by atoms with Gasteiger partial charge < -0.3 is 5.11 Å². The lowest BCUT2D eigenvalue weighted by molar-refractivity contribution is 0.0480. The zero-order valence-electron chi connectivity index (χ0n) is 9.76. The van der Waals surface area contributed by atoms with Crippen LogP contribution in [-0.4, -0.2) is 10.7 Å². The second-order valence-electron chi connectivity index (χ2n) is 5.09. The smallest absolute Gasteiger partial charge is 0.0919 e. The average Bonchev–Trinajstić information content (AvgIpc) is 2.85. The number of aliphatic hydroxyl groups is 1. The molecule has 0 bridgehead atoms. The van der Waals surface area contributed by atoms with Crippen molar-refractivity contribution in [3.8, 4) is 0 Å². The van der Waals surface area contributed by atoms with E-state index in [2.05, 4.69) is 13.5 Å². The van der Waals surface area contributed by atoms with Crippen molar-refractivity contribution < 1.29 is 5.11 Å². The molecule has 0 aliphatic heterocycles. The molecule has 2 aliphatic rings. The molecule has 0 aromatic rings. The second kappa shape index (κ2) is 4.13. The van der Waals surface area contributed by atoms with E-state index >= 15 is 0 Å². The second-order valence-corrected chi connectivity index (χ2v) is 5.09. The Morgan fingerprint density at radius 3 is 2.53 bits per heavy atom. The molecule has 0 radical (unpaired) electrons. The maximum absolute atomic E-state index is 10.8. The van der Waals surface area contributed by atoms with E-state index in [1.165, 1.54) is 31.3 Å². The van der Waals surface area contributed by atoms with Gasteiger partial charge in [0, 0.05) is 5.92 Å². The highest BCUT2D eigenvalue weighted by Gasteiger charge is 2.41. The fourth-order valence-electron chi connectivity index (χ4n) is 3.19. The van der Waals surface area contributed by atoms with Crippen molar-refractivity contribution >= 4 is 0 Å². The highest BCUT2D eigenvalue weighted by Crippen LogP contribution is 2.45. The van der Waals surface area contributed by atoms with Crippen molar-refractivity contribution in [3.63, 3.8) is 0 Å². The van der Waals surface area contributed by atoms with E-state index < -0.39 is 5.60 Å². The quantitative estimate of drug-likeness (QED) is 0.684. The molecule has 0 amide bonds. The van der Waals surface area contributed by atoms with Crippen LogP contribution in [0.4, 0.5) is 0 Å². The topological polar surface area (TPSA) is 20.2 Å². The Bertz CT molecular complexity index is 282. The maximum Gasteiger partial charge on any atom is 0.0919 e. The summed E-state index contributed by atoms with van der Waals surface area (Å²) in [6.45, 7) is 5.92. The Balaban J connectivity index is 2.31. The Labute approximate surface area is 92.9 Å². The molecule has 15 heavy (non-hydrogen) atoms. The Morgan fingerprint density at radius 1 is 1.27 bits per heavy atom. The fraction of sp³-hybridized carbons (Fsp3) is 0.714. The van der Waals surface area contributed by atoms with Gasteiger partial charge in [0.1, 0.15) is 0 Å². The molecule has 0 saturated heterocycles. The van der Waals surface area contributed by atoms with E-state index in [-0.39, 0.29) is 5.92 Å². The molecule has 1 nitrogen and oxygen atoms in total. The van der Waals surface area contributed by atoms with Gasteiger partial charge in [0.25, 0.3) is 0 Å². The molecule has 2 aliphatic carbocycles. The predicted octanol–water partition coefficient (Wildman–Crippen LogP) is 3.59. The van der Waals surface area contributed by atoms with Crippen molar-refractivity contribution in [1.82, 2.24) is 0 Å². The Kier molecular flexibility index (Phi) is 3.01. The molecule has 0 heterocycles. The molecule has 1 heteroatoms. The molecule has 1 N–H and O–H groups in total. The van der Waals surface area contributed by atoms with Gasteiger partial charge in [0.05, 0.1) is 5.60 Å². The van der Waals surface area contributed by atoms with Crippen LogP contribution in [0.15, 0.2) is 23.8 Å². The van der Waals surface area contributed by atoms with Crippen LogP contribution in [0.25, 0.3) is 0 Å². The van der Waals surface area contributed by atoms with Crippen LogP contribution in [0.2, 0.25) is 0 Å². The molecule has 0 aromatic heterocycles. The van der Waals surface area contributed by atoms with Gasteiger partial charge in [-0.15, -0.1) is 6.58 Å². The molecule has 84 valence electrons. The van der Waals surface area contributed by atoms with Crippen molar-refractivity contribution in [1.29, 1.82) is 0 Å². The predicted molar refractivity (Wildman–Crippen MR) is 63.7 cm³/mol. The van der Waals surface area contributed by atoms with Crippen LogP contribution in [0.3, 0.4) is 0 Å². The van der Waals surface area contributed by atoms with Crippen molar-refractivity contribution in [3.05, 3.63) is 23.8 Å². The van der Waals surface area contributed by atoms with Crippen molar-refractivity contribution in [2.24, 2.45) is 5.92 Å². The lowest BCUT2D eigenvalue weighted by atomic mass is 9.81. The number of allylic oxidation sites excluding steroid dienone is 1. The highest BCUT2D eigenvalue weighted by molar-refractivity contribution is 5.31. The zero-order valence-corrected chi connectivity index (χ0v) is 9.76. The molecular formula is C14H22O. The summed E-state index contributed by atoms with van der Waals surface area (Å²) in [4.78, 5) is 0. The SMILES string of the molecule is C=C[C@H](C)[C@@]1(O)CCCC1=C1CCCC1. The minimum atomic E-state index is -0.554. The van der Waals surface area contributed by atoms with Gasteiger partial charge >= 0.3 is 0 Å². The van der Waals surface area contributed by atoms with Gasteiger partial charge in [-0.3, -0.25) is 0 Å². The largest absolute Gasteiger partial charge is 0.385 e. The van der Waals surface area contributed by atoms with Gasteiger partial charge in [-0.05, 0) is 50.5 Å². The monoisotopic (exact) mass is 206 g/mol. The summed E-state index contributed by atoms with van der Waals surface area (Å²) in [5.41, 5.74) is 2.37. The van der Waals surface area contributed by atoms with Gasteiger partial charge in [0.2, 0.25) is 0 Å². The summed E-state index contributed by atoms with van der Waals surface area (Å²) in [6, 6.07) is 0. The van der Waals surface area contributed by atoms with Crippen LogP contribution in [0.5, 0.6) is 0 Å². The molecule has 2 fully saturated rings. The van der Waals surface area contributed by atoms with Gasteiger partial charge in [-0.1, -0.05) is 18.6 Å². The summed E-state index contributed by atoms with van der Waals surface area (Å²) in [7, 11) is 0. The van der Waals surface area contributed by atoms with Crippen LogP contribution < -0.4 is 0 Å².